The highest BCUT2D eigenvalue weighted by Crippen LogP contribution is 2.29. The molecule has 0 aromatic heterocycles. The normalized spacial score (nSPS) is 17.4. The van der Waals surface area contributed by atoms with Gasteiger partial charge in [0.05, 0.1) is 12.7 Å². The van der Waals surface area contributed by atoms with Crippen molar-refractivity contribution in [1.82, 2.24) is 5.43 Å². The molecule has 1 aromatic carbocycles. The van der Waals surface area contributed by atoms with Gasteiger partial charge in [0.25, 0.3) is 0 Å². The van der Waals surface area contributed by atoms with Gasteiger partial charge in [-0.2, -0.15) is 0 Å². The van der Waals surface area contributed by atoms with Crippen LogP contribution in [-0.2, 0) is 11.2 Å². The van der Waals surface area contributed by atoms with Crippen LogP contribution >= 0.6 is 0 Å². The Morgan fingerprint density at radius 1 is 1.53 bits per heavy atom. The van der Waals surface area contributed by atoms with Crippen LogP contribution in [0, 0.1) is 0 Å². The third kappa shape index (κ3) is 2.77. The Labute approximate surface area is 102 Å². The van der Waals surface area contributed by atoms with Gasteiger partial charge < -0.3 is 9.47 Å². The van der Waals surface area contributed by atoms with Gasteiger partial charge in [-0.3, -0.25) is 11.3 Å². The van der Waals surface area contributed by atoms with E-state index in [1.54, 1.807) is 7.11 Å². The van der Waals surface area contributed by atoms with Crippen LogP contribution < -0.4 is 16.0 Å². The predicted molar refractivity (Wildman–Crippen MR) is 66.8 cm³/mol. The fraction of sp³-hybridized carbons (Fsp3) is 0.538. The number of rotatable bonds is 5. The molecule has 0 saturated heterocycles. The molecule has 0 bridgehead atoms. The minimum atomic E-state index is 0.121. The number of methoxy groups -OCH3 is 1. The molecule has 1 heterocycles. The molecule has 0 spiro atoms. The van der Waals surface area contributed by atoms with E-state index in [2.05, 4.69) is 17.6 Å². The molecule has 4 nitrogen and oxygen atoms in total. The largest absolute Gasteiger partial charge is 0.493 e. The van der Waals surface area contributed by atoms with Crippen molar-refractivity contribution in [2.75, 3.05) is 13.7 Å². The van der Waals surface area contributed by atoms with Gasteiger partial charge in [-0.25, -0.2) is 0 Å². The summed E-state index contributed by atoms with van der Waals surface area (Å²) < 4.78 is 10.8. The summed E-state index contributed by atoms with van der Waals surface area (Å²) in [6.45, 7) is 2.83. The molecule has 2 rings (SSSR count). The summed E-state index contributed by atoms with van der Waals surface area (Å²) in [4.78, 5) is 0. The van der Waals surface area contributed by atoms with E-state index in [0.717, 1.165) is 25.2 Å². The second kappa shape index (κ2) is 5.49. The fourth-order valence-electron chi connectivity index (χ4n) is 2.15. The maximum Gasteiger partial charge on any atom is 0.122 e. The first-order valence-electron chi connectivity index (χ1n) is 5.99. The third-order valence-corrected chi connectivity index (χ3v) is 3.29. The third-order valence-electron chi connectivity index (χ3n) is 3.29. The highest BCUT2D eigenvalue weighted by Gasteiger charge is 2.17. The SMILES string of the molecule is COC(C)CC(NN)c1ccc2c(c1)CCO2. The van der Waals surface area contributed by atoms with Crippen LogP contribution in [0.1, 0.15) is 30.5 Å². The Morgan fingerprint density at radius 3 is 3.06 bits per heavy atom. The summed E-state index contributed by atoms with van der Waals surface area (Å²) in [5.74, 6) is 6.62. The van der Waals surface area contributed by atoms with Crippen molar-refractivity contribution >= 4 is 0 Å². The lowest BCUT2D eigenvalue weighted by molar-refractivity contribution is 0.100. The van der Waals surface area contributed by atoms with Crippen molar-refractivity contribution in [1.29, 1.82) is 0 Å². The minimum Gasteiger partial charge on any atom is -0.493 e. The van der Waals surface area contributed by atoms with Crippen molar-refractivity contribution < 1.29 is 9.47 Å². The first kappa shape index (κ1) is 12.4. The summed E-state index contributed by atoms with van der Waals surface area (Å²) in [7, 11) is 1.72. The number of nitrogens with one attached hydrogen (secondary N) is 1. The number of hydrogen-bond acceptors (Lipinski definition) is 4. The lowest BCUT2D eigenvalue weighted by Crippen LogP contribution is -2.30. The molecule has 4 heteroatoms. The maximum atomic E-state index is 5.62. The highest BCUT2D eigenvalue weighted by molar-refractivity contribution is 5.40. The minimum absolute atomic E-state index is 0.121. The van der Waals surface area contributed by atoms with Crippen LogP contribution in [-0.4, -0.2) is 19.8 Å². The number of ether oxygens (including phenoxy) is 2. The van der Waals surface area contributed by atoms with Crippen molar-refractivity contribution in [2.24, 2.45) is 5.84 Å². The topological polar surface area (TPSA) is 56.5 Å². The Morgan fingerprint density at radius 2 is 2.35 bits per heavy atom. The van der Waals surface area contributed by atoms with Gasteiger partial charge in [0, 0.05) is 19.6 Å². The molecular formula is C13H20N2O2. The van der Waals surface area contributed by atoms with Crippen LogP contribution in [0.25, 0.3) is 0 Å². The van der Waals surface area contributed by atoms with Crippen LogP contribution in [0.15, 0.2) is 18.2 Å². The van der Waals surface area contributed by atoms with E-state index in [4.69, 9.17) is 15.3 Å². The number of benzene rings is 1. The molecule has 0 saturated carbocycles. The molecule has 0 amide bonds. The van der Waals surface area contributed by atoms with E-state index in [9.17, 15) is 0 Å². The maximum absolute atomic E-state index is 5.62. The van der Waals surface area contributed by atoms with Crippen molar-refractivity contribution in [3.8, 4) is 5.75 Å². The second-order valence-corrected chi connectivity index (χ2v) is 4.47. The van der Waals surface area contributed by atoms with Gasteiger partial charge in [0.2, 0.25) is 0 Å². The number of nitrogens with two attached hydrogens (primary N) is 1. The van der Waals surface area contributed by atoms with Crippen LogP contribution in [0.3, 0.4) is 0 Å². The van der Waals surface area contributed by atoms with Gasteiger partial charge in [-0.1, -0.05) is 12.1 Å². The first-order chi connectivity index (χ1) is 8.24. The van der Waals surface area contributed by atoms with E-state index >= 15 is 0 Å². The number of fused-ring (bicyclic) bond motifs is 1. The van der Waals surface area contributed by atoms with Crippen LogP contribution in [0.4, 0.5) is 0 Å². The average molecular weight is 236 g/mol. The molecule has 94 valence electrons. The van der Waals surface area contributed by atoms with Crippen molar-refractivity contribution in [3.05, 3.63) is 29.3 Å². The van der Waals surface area contributed by atoms with Gasteiger partial charge in [0.1, 0.15) is 5.75 Å². The summed E-state index contributed by atoms with van der Waals surface area (Å²) in [6.07, 6.45) is 2.02. The lowest BCUT2D eigenvalue weighted by atomic mass is 9.99. The van der Waals surface area contributed by atoms with Crippen molar-refractivity contribution in [2.45, 2.75) is 31.9 Å². The zero-order chi connectivity index (χ0) is 12.3. The average Bonchev–Trinajstić information content (AvgIpc) is 2.82. The van der Waals surface area contributed by atoms with Gasteiger partial charge >= 0.3 is 0 Å². The number of hydrogen-bond donors (Lipinski definition) is 2. The Hall–Kier alpha value is -1.10. The summed E-state index contributed by atoms with van der Waals surface area (Å²) in [5, 5.41) is 0. The van der Waals surface area contributed by atoms with Gasteiger partial charge in [-0.15, -0.1) is 0 Å². The first-order valence-corrected chi connectivity index (χ1v) is 5.99. The van der Waals surface area contributed by atoms with Crippen LogP contribution in [0.5, 0.6) is 5.75 Å². The molecular weight excluding hydrogens is 216 g/mol. The second-order valence-electron chi connectivity index (χ2n) is 4.47. The van der Waals surface area contributed by atoms with Crippen LogP contribution in [0.2, 0.25) is 0 Å². The molecule has 0 fully saturated rings. The monoisotopic (exact) mass is 236 g/mol. The zero-order valence-corrected chi connectivity index (χ0v) is 10.4. The summed E-state index contributed by atoms with van der Waals surface area (Å²) >= 11 is 0. The Bertz CT molecular complexity index is 382. The lowest BCUT2D eigenvalue weighted by Gasteiger charge is -2.20. The van der Waals surface area contributed by atoms with E-state index in [-0.39, 0.29) is 12.1 Å². The molecule has 2 atom stereocenters. The van der Waals surface area contributed by atoms with E-state index < -0.39 is 0 Å². The molecule has 3 N–H and O–H groups in total. The number of hydrazine groups is 1. The summed E-state index contributed by atoms with van der Waals surface area (Å²) in [6, 6.07) is 6.39. The molecule has 1 aliphatic rings. The molecule has 1 aromatic rings. The van der Waals surface area contributed by atoms with E-state index in [1.165, 1.54) is 11.1 Å². The standard InChI is InChI=1S/C13H20N2O2/c1-9(16-2)7-12(15-14)10-3-4-13-11(8-10)5-6-17-13/h3-4,8-9,12,15H,5-7,14H2,1-2H3. The van der Waals surface area contributed by atoms with Gasteiger partial charge in [-0.05, 0) is 30.5 Å². The zero-order valence-electron chi connectivity index (χ0n) is 10.4. The molecule has 1 aliphatic heterocycles. The Kier molecular flexibility index (Phi) is 3.99. The molecule has 17 heavy (non-hydrogen) atoms. The highest BCUT2D eigenvalue weighted by atomic mass is 16.5. The Balaban J connectivity index is 2.14. The predicted octanol–water partition coefficient (Wildman–Crippen LogP) is 1.55. The molecule has 0 aliphatic carbocycles. The van der Waals surface area contributed by atoms with E-state index in [0.29, 0.717) is 0 Å². The molecule has 0 radical (unpaired) electrons. The van der Waals surface area contributed by atoms with E-state index in [1.807, 2.05) is 13.0 Å². The smallest absolute Gasteiger partial charge is 0.122 e. The molecule has 2 unspecified atom stereocenters. The van der Waals surface area contributed by atoms with Crippen molar-refractivity contribution in [3.63, 3.8) is 0 Å². The van der Waals surface area contributed by atoms with Gasteiger partial charge in [0.15, 0.2) is 0 Å². The fourth-order valence-corrected chi connectivity index (χ4v) is 2.15. The quantitative estimate of drug-likeness (QED) is 0.601. The summed E-state index contributed by atoms with van der Waals surface area (Å²) in [5.41, 5.74) is 5.32.